The Balaban J connectivity index is 1.50. The van der Waals surface area contributed by atoms with Crippen LogP contribution in [0.1, 0.15) is 29.7 Å². The fourth-order valence-electron chi connectivity index (χ4n) is 5.19. The third-order valence-electron chi connectivity index (χ3n) is 6.44. The van der Waals surface area contributed by atoms with Gasteiger partial charge in [0.05, 0.1) is 23.9 Å². The highest BCUT2D eigenvalue weighted by Gasteiger charge is 2.63. The molecule has 5 rings (SSSR count). The number of hydrogen-bond acceptors (Lipinski definition) is 4. The molecule has 0 unspecified atom stereocenters. The zero-order chi connectivity index (χ0) is 20.1. The predicted octanol–water partition coefficient (Wildman–Crippen LogP) is 2.83. The van der Waals surface area contributed by atoms with E-state index in [1.165, 1.54) is 11.8 Å². The predicted molar refractivity (Wildman–Crippen MR) is 108 cm³/mol. The first-order valence-corrected chi connectivity index (χ1v) is 10.0. The molecule has 3 heterocycles. The summed E-state index contributed by atoms with van der Waals surface area (Å²) in [5.74, 6) is -1.57. The van der Waals surface area contributed by atoms with Gasteiger partial charge in [-0.15, -0.1) is 0 Å². The quantitative estimate of drug-likeness (QED) is 0.759. The molecule has 0 bridgehead atoms. The molecule has 0 aromatic heterocycles. The van der Waals surface area contributed by atoms with Crippen molar-refractivity contribution in [3.05, 3.63) is 77.5 Å². The maximum Gasteiger partial charge on any atom is 0.235 e. The van der Waals surface area contributed by atoms with E-state index >= 15 is 0 Å². The SMILES string of the molecule is CC(=O)[C@@H]1[C@@H]2C(=O)N(CCc3ccccc3)C(=O)[C@H]2[C@@H]2c3ccccc3C=CN12. The second-order valence-electron chi connectivity index (χ2n) is 8.01. The number of hydrogen-bond donors (Lipinski definition) is 0. The molecule has 0 spiro atoms. The topological polar surface area (TPSA) is 57.7 Å². The Labute approximate surface area is 169 Å². The summed E-state index contributed by atoms with van der Waals surface area (Å²) in [6.45, 7) is 1.87. The molecule has 3 aliphatic rings. The minimum Gasteiger partial charge on any atom is -0.359 e. The number of amides is 2. The van der Waals surface area contributed by atoms with Gasteiger partial charge in [0.25, 0.3) is 0 Å². The van der Waals surface area contributed by atoms with Crippen LogP contribution in [-0.4, -0.2) is 40.0 Å². The summed E-state index contributed by atoms with van der Waals surface area (Å²) in [7, 11) is 0. The van der Waals surface area contributed by atoms with E-state index in [1.807, 2.05) is 71.8 Å². The van der Waals surface area contributed by atoms with Gasteiger partial charge in [0.1, 0.15) is 0 Å². The molecule has 3 aliphatic heterocycles. The van der Waals surface area contributed by atoms with Gasteiger partial charge in [-0.2, -0.15) is 0 Å². The monoisotopic (exact) mass is 386 g/mol. The van der Waals surface area contributed by atoms with Crippen LogP contribution in [0.3, 0.4) is 0 Å². The van der Waals surface area contributed by atoms with Gasteiger partial charge in [0, 0.05) is 12.7 Å². The van der Waals surface area contributed by atoms with E-state index in [-0.39, 0.29) is 23.6 Å². The van der Waals surface area contributed by atoms with Gasteiger partial charge in [-0.05, 0) is 36.1 Å². The van der Waals surface area contributed by atoms with Gasteiger partial charge < -0.3 is 4.90 Å². The highest BCUT2D eigenvalue weighted by Crippen LogP contribution is 2.52. The van der Waals surface area contributed by atoms with E-state index in [0.717, 1.165) is 16.7 Å². The molecule has 2 aromatic rings. The molecule has 0 saturated carbocycles. The molecule has 5 heteroatoms. The molecule has 29 heavy (non-hydrogen) atoms. The summed E-state index contributed by atoms with van der Waals surface area (Å²) in [6, 6.07) is 16.9. The summed E-state index contributed by atoms with van der Waals surface area (Å²) >= 11 is 0. The number of ketones is 1. The third kappa shape index (κ3) is 2.64. The smallest absolute Gasteiger partial charge is 0.235 e. The summed E-state index contributed by atoms with van der Waals surface area (Å²) in [6.07, 6.45) is 4.46. The third-order valence-corrected chi connectivity index (χ3v) is 6.44. The van der Waals surface area contributed by atoms with Crippen molar-refractivity contribution in [3.8, 4) is 0 Å². The fourth-order valence-corrected chi connectivity index (χ4v) is 5.19. The highest BCUT2D eigenvalue weighted by atomic mass is 16.2. The molecule has 2 amide bonds. The van der Waals surface area contributed by atoms with E-state index in [0.29, 0.717) is 13.0 Å². The molecular formula is C24H22N2O3. The molecular weight excluding hydrogens is 364 g/mol. The molecule has 0 radical (unpaired) electrons. The van der Waals surface area contributed by atoms with E-state index in [2.05, 4.69) is 0 Å². The van der Waals surface area contributed by atoms with Crippen LogP contribution < -0.4 is 0 Å². The maximum absolute atomic E-state index is 13.4. The lowest BCUT2D eigenvalue weighted by molar-refractivity contribution is -0.142. The van der Waals surface area contributed by atoms with Crippen LogP contribution in [0.15, 0.2) is 60.8 Å². The Hall–Kier alpha value is -3.21. The number of rotatable bonds is 4. The lowest BCUT2D eigenvalue weighted by Gasteiger charge is -2.35. The number of carbonyl (C=O) groups is 3. The highest BCUT2D eigenvalue weighted by molar-refractivity contribution is 6.09. The summed E-state index contributed by atoms with van der Waals surface area (Å²) in [5.41, 5.74) is 3.14. The molecule has 2 aromatic carbocycles. The van der Waals surface area contributed by atoms with Crippen LogP contribution in [0.4, 0.5) is 0 Å². The molecule has 2 fully saturated rings. The number of carbonyl (C=O) groups excluding carboxylic acids is 3. The van der Waals surface area contributed by atoms with Crippen molar-refractivity contribution in [1.29, 1.82) is 0 Å². The molecule has 2 saturated heterocycles. The Morgan fingerprint density at radius 1 is 0.931 bits per heavy atom. The molecule has 4 atom stereocenters. The number of imide groups is 1. The lowest BCUT2D eigenvalue weighted by atomic mass is 9.84. The zero-order valence-corrected chi connectivity index (χ0v) is 16.2. The van der Waals surface area contributed by atoms with E-state index < -0.39 is 17.9 Å². The molecule has 146 valence electrons. The normalized spacial score (nSPS) is 27.1. The van der Waals surface area contributed by atoms with Crippen molar-refractivity contribution < 1.29 is 14.4 Å². The van der Waals surface area contributed by atoms with Crippen molar-refractivity contribution in [2.45, 2.75) is 25.4 Å². The molecule has 5 nitrogen and oxygen atoms in total. The van der Waals surface area contributed by atoms with Crippen molar-refractivity contribution >= 4 is 23.7 Å². The first-order chi connectivity index (χ1) is 14.1. The van der Waals surface area contributed by atoms with Gasteiger partial charge in [-0.25, -0.2) is 0 Å². The Morgan fingerprint density at radius 2 is 1.62 bits per heavy atom. The number of benzene rings is 2. The van der Waals surface area contributed by atoms with Gasteiger partial charge >= 0.3 is 0 Å². The van der Waals surface area contributed by atoms with E-state index in [4.69, 9.17) is 0 Å². The number of nitrogens with zero attached hydrogens (tertiary/aromatic N) is 2. The maximum atomic E-state index is 13.4. The largest absolute Gasteiger partial charge is 0.359 e. The van der Waals surface area contributed by atoms with Crippen LogP contribution >= 0.6 is 0 Å². The Morgan fingerprint density at radius 3 is 2.38 bits per heavy atom. The van der Waals surface area contributed by atoms with Crippen LogP contribution in [-0.2, 0) is 20.8 Å². The number of likely N-dealkylation sites (tertiary alicyclic amines) is 1. The van der Waals surface area contributed by atoms with Crippen LogP contribution in [0, 0.1) is 11.8 Å². The Kier molecular flexibility index (Phi) is 4.12. The zero-order valence-electron chi connectivity index (χ0n) is 16.2. The lowest BCUT2D eigenvalue weighted by Crippen LogP contribution is -2.43. The average Bonchev–Trinajstić information content (AvgIpc) is 3.21. The van der Waals surface area contributed by atoms with Gasteiger partial charge in [0.2, 0.25) is 11.8 Å². The van der Waals surface area contributed by atoms with Gasteiger partial charge in [0.15, 0.2) is 5.78 Å². The minimum atomic E-state index is -0.614. The van der Waals surface area contributed by atoms with E-state index in [1.54, 1.807) is 0 Å². The van der Waals surface area contributed by atoms with E-state index in [9.17, 15) is 14.4 Å². The van der Waals surface area contributed by atoms with Gasteiger partial charge in [-0.3, -0.25) is 19.3 Å². The van der Waals surface area contributed by atoms with Crippen LogP contribution in [0.2, 0.25) is 0 Å². The average molecular weight is 386 g/mol. The van der Waals surface area contributed by atoms with Crippen molar-refractivity contribution in [1.82, 2.24) is 9.80 Å². The molecule has 0 aliphatic carbocycles. The minimum absolute atomic E-state index is 0.0717. The second kappa shape index (κ2) is 6.69. The van der Waals surface area contributed by atoms with Gasteiger partial charge in [-0.1, -0.05) is 54.6 Å². The summed E-state index contributed by atoms with van der Waals surface area (Å²) in [4.78, 5) is 42.5. The first-order valence-electron chi connectivity index (χ1n) is 10.0. The first kappa shape index (κ1) is 17.9. The summed E-state index contributed by atoms with van der Waals surface area (Å²) in [5, 5.41) is 0. The number of fused-ring (bicyclic) bond motifs is 5. The molecule has 0 N–H and O–H groups in total. The Bertz CT molecular complexity index is 1030. The van der Waals surface area contributed by atoms with Crippen LogP contribution in [0.25, 0.3) is 6.08 Å². The number of Topliss-reactive ketones (excluding diaryl/α,β-unsaturated/α-hetero) is 1. The van der Waals surface area contributed by atoms with Crippen molar-refractivity contribution in [2.75, 3.05) is 6.54 Å². The van der Waals surface area contributed by atoms with Crippen molar-refractivity contribution in [3.63, 3.8) is 0 Å². The van der Waals surface area contributed by atoms with Crippen molar-refractivity contribution in [2.24, 2.45) is 11.8 Å². The standard InChI is InChI=1S/C24H22N2O3/c1-15(27)21-19-20(22-18-10-6-5-9-17(18)12-14-25(21)22)24(29)26(23(19)28)13-11-16-7-3-2-4-8-16/h2-10,12,14,19-22H,11,13H2,1H3/t19-,20-,21-,22+/m1/s1. The fraction of sp³-hybridized carbons (Fsp3) is 0.292. The van der Waals surface area contributed by atoms with Crippen LogP contribution in [0.5, 0.6) is 0 Å². The summed E-state index contributed by atoms with van der Waals surface area (Å²) < 4.78 is 0. The second-order valence-corrected chi connectivity index (χ2v) is 8.01.